The zero-order valence-corrected chi connectivity index (χ0v) is 10.9. The summed E-state index contributed by atoms with van der Waals surface area (Å²) in [6, 6.07) is 3.54. The highest BCUT2D eigenvalue weighted by atomic mass is 32.1. The van der Waals surface area contributed by atoms with Crippen molar-refractivity contribution < 1.29 is 4.79 Å². The molecule has 0 saturated carbocycles. The molecule has 1 aromatic heterocycles. The van der Waals surface area contributed by atoms with Crippen LogP contribution >= 0.6 is 12.2 Å². The van der Waals surface area contributed by atoms with Crippen LogP contribution in [0.25, 0.3) is 0 Å². The topological polar surface area (TPSA) is 68.0 Å². The first-order chi connectivity index (χ1) is 8.06. The Morgan fingerprint density at radius 3 is 2.59 bits per heavy atom. The normalized spacial score (nSPS) is 10.9. The summed E-state index contributed by atoms with van der Waals surface area (Å²) in [5.74, 6) is -0.164. The van der Waals surface area contributed by atoms with E-state index < -0.39 is 5.41 Å². The number of pyridine rings is 1. The van der Waals surface area contributed by atoms with Crippen molar-refractivity contribution in [2.75, 3.05) is 5.32 Å². The Morgan fingerprint density at radius 2 is 2.18 bits per heavy atom. The van der Waals surface area contributed by atoms with Crippen LogP contribution in [-0.2, 0) is 4.79 Å². The summed E-state index contributed by atoms with van der Waals surface area (Å²) in [6.45, 7) is 3.82. The van der Waals surface area contributed by atoms with E-state index in [0.29, 0.717) is 18.5 Å². The van der Waals surface area contributed by atoms with Crippen molar-refractivity contribution in [3.8, 4) is 0 Å². The summed E-state index contributed by atoms with van der Waals surface area (Å²) in [7, 11) is 0. The molecule has 0 saturated heterocycles. The van der Waals surface area contributed by atoms with E-state index >= 15 is 0 Å². The van der Waals surface area contributed by atoms with Crippen LogP contribution in [-0.4, -0.2) is 15.9 Å². The molecule has 0 aliphatic heterocycles. The zero-order valence-electron chi connectivity index (χ0n) is 10.1. The quantitative estimate of drug-likeness (QED) is 0.786. The molecule has 0 aliphatic carbocycles. The average Bonchev–Trinajstić information content (AvgIpc) is 2.32. The molecule has 0 unspecified atom stereocenters. The van der Waals surface area contributed by atoms with Crippen LogP contribution in [0.4, 0.5) is 5.69 Å². The van der Waals surface area contributed by atoms with Crippen LogP contribution in [0.5, 0.6) is 0 Å². The van der Waals surface area contributed by atoms with Crippen LogP contribution < -0.4 is 11.1 Å². The van der Waals surface area contributed by atoms with Gasteiger partial charge in [0.1, 0.15) is 0 Å². The van der Waals surface area contributed by atoms with Gasteiger partial charge in [-0.2, -0.15) is 0 Å². The summed E-state index contributed by atoms with van der Waals surface area (Å²) < 4.78 is 0. The summed E-state index contributed by atoms with van der Waals surface area (Å²) in [5.41, 5.74) is 5.58. The van der Waals surface area contributed by atoms with Gasteiger partial charge in [0.2, 0.25) is 5.91 Å². The van der Waals surface area contributed by atoms with Crippen molar-refractivity contribution in [3.63, 3.8) is 0 Å². The molecule has 0 fully saturated rings. The molecule has 0 bridgehead atoms. The maximum Gasteiger partial charge on any atom is 0.237 e. The fraction of sp³-hybridized carbons (Fsp3) is 0.417. The highest BCUT2D eigenvalue weighted by molar-refractivity contribution is 7.80. The number of carbonyl (C=O) groups is 1. The summed E-state index contributed by atoms with van der Waals surface area (Å²) in [5, 5.41) is 2.80. The molecule has 5 heteroatoms. The summed E-state index contributed by atoms with van der Waals surface area (Å²) >= 11 is 5.02. The largest absolute Gasteiger partial charge is 0.392 e. The van der Waals surface area contributed by atoms with Gasteiger partial charge >= 0.3 is 0 Å². The molecular formula is C12H17N3OS. The lowest BCUT2D eigenvalue weighted by Gasteiger charge is -2.28. The second-order valence-corrected chi connectivity index (χ2v) is 4.29. The van der Waals surface area contributed by atoms with Gasteiger partial charge in [-0.15, -0.1) is 0 Å². The second kappa shape index (κ2) is 5.72. The Morgan fingerprint density at radius 1 is 1.53 bits per heavy atom. The Kier molecular flexibility index (Phi) is 4.57. The number of rotatable bonds is 5. The number of carbonyl (C=O) groups excluding carboxylic acids is 1. The second-order valence-electron chi connectivity index (χ2n) is 3.85. The molecule has 0 aromatic carbocycles. The number of anilines is 1. The Labute approximate surface area is 107 Å². The highest BCUT2D eigenvalue weighted by Gasteiger charge is 2.38. The third-order valence-corrected chi connectivity index (χ3v) is 3.42. The van der Waals surface area contributed by atoms with Gasteiger partial charge < -0.3 is 11.1 Å². The van der Waals surface area contributed by atoms with Gasteiger partial charge in [0.15, 0.2) is 0 Å². The number of nitrogens with one attached hydrogen (secondary N) is 1. The average molecular weight is 251 g/mol. The van der Waals surface area contributed by atoms with Gasteiger partial charge in [0.05, 0.1) is 22.3 Å². The molecule has 1 aromatic rings. The molecule has 92 valence electrons. The molecule has 0 spiro atoms. The van der Waals surface area contributed by atoms with Crippen LogP contribution in [0.3, 0.4) is 0 Å². The fourth-order valence-electron chi connectivity index (χ4n) is 1.72. The van der Waals surface area contributed by atoms with Crippen molar-refractivity contribution in [2.24, 2.45) is 11.1 Å². The monoisotopic (exact) mass is 251 g/mol. The Bertz CT molecular complexity index is 401. The number of hydrogen-bond donors (Lipinski definition) is 2. The van der Waals surface area contributed by atoms with Gasteiger partial charge in [0.25, 0.3) is 0 Å². The molecule has 0 aliphatic rings. The molecule has 0 atom stereocenters. The maximum atomic E-state index is 12.2. The standard InChI is InChI=1S/C12H17N3OS/c1-3-12(4-2,10(13)17)11(16)15-9-6-5-7-14-8-9/h5-8H,3-4H2,1-2H3,(H2,13,17)(H,15,16). The fourth-order valence-corrected chi connectivity index (χ4v) is 2.10. The number of nitrogens with zero attached hydrogens (tertiary/aromatic N) is 1. The van der Waals surface area contributed by atoms with Crippen LogP contribution in [0.15, 0.2) is 24.5 Å². The first kappa shape index (κ1) is 13.6. The molecule has 17 heavy (non-hydrogen) atoms. The van der Waals surface area contributed by atoms with Crippen molar-refractivity contribution in [3.05, 3.63) is 24.5 Å². The van der Waals surface area contributed by atoms with E-state index in [1.807, 2.05) is 13.8 Å². The van der Waals surface area contributed by atoms with E-state index in [9.17, 15) is 4.79 Å². The van der Waals surface area contributed by atoms with Crippen molar-refractivity contribution >= 4 is 28.8 Å². The van der Waals surface area contributed by atoms with Crippen LogP contribution in [0.1, 0.15) is 26.7 Å². The van der Waals surface area contributed by atoms with E-state index in [2.05, 4.69) is 10.3 Å². The number of hydrogen-bond acceptors (Lipinski definition) is 3. The number of aromatic nitrogens is 1. The molecule has 1 amide bonds. The van der Waals surface area contributed by atoms with E-state index in [1.54, 1.807) is 24.5 Å². The molecule has 3 N–H and O–H groups in total. The molecule has 4 nitrogen and oxygen atoms in total. The van der Waals surface area contributed by atoms with Crippen molar-refractivity contribution in [1.82, 2.24) is 4.98 Å². The third-order valence-electron chi connectivity index (χ3n) is 3.03. The molecular weight excluding hydrogens is 234 g/mol. The predicted molar refractivity (Wildman–Crippen MR) is 72.7 cm³/mol. The number of thiocarbonyl (C=S) groups is 1. The van der Waals surface area contributed by atoms with E-state index in [4.69, 9.17) is 18.0 Å². The number of nitrogens with two attached hydrogens (primary N) is 1. The van der Waals surface area contributed by atoms with E-state index in [0.717, 1.165) is 0 Å². The van der Waals surface area contributed by atoms with E-state index in [1.165, 1.54) is 0 Å². The van der Waals surface area contributed by atoms with Gasteiger partial charge in [0, 0.05) is 6.20 Å². The predicted octanol–water partition coefficient (Wildman–Crippen LogP) is 2.11. The minimum absolute atomic E-state index is 0.164. The third kappa shape index (κ3) is 2.79. The van der Waals surface area contributed by atoms with Gasteiger partial charge in [-0.05, 0) is 25.0 Å². The molecule has 1 heterocycles. The van der Waals surface area contributed by atoms with Crippen molar-refractivity contribution in [2.45, 2.75) is 26.7 Å². The maximum absolute atomic E-state index is 12.2. The minimum atomic E-state index is -0.773. The number of amides is 1. The first-order valence-electron chi connectivity index (χ1n) is 5.58. The molecule has 1 rings (SSSR count). The van der Waals surface area contributed by atoms with Crippen LogP contribution in [0, 0.1) is 5.41 Å². The lowest BCUT2D eigenvalue weighted by molar-refractivity contribution is -0.122. The zero-order chi connectivity index (χ0) is 12.9. The minimum Gasteiger partial charge on any atom is -0.392 e. The SMILES string of the molecule is CCC(CC)(C(=O)Nc1cccnc1)C(N)=S. The summed E-state index contributed by atoms with van der Waals surface area (Å²) in [6.07, 6.45) is 4.42. The van der Waals surface area contributed by atoms with Crippen LogP contribution in [0.2, 0.25) is 0 Å². The van der Waals surface area contributed by atoms with E-state index in [-0.39, 0.29) is 10.9 Å². The lowest BCUT2D eigenvalue weighted by atomic mass is 9.81. The Hall–Kier alpha value is -1.49. The smallest absolute Gasteiger partial charge is 0.237 e. The highest BCUT2D eigenvalue weighted by Crippen LogP contribution is 2.28. The van der Waals surface area contributed by atoms with Gasteiger partial charge in [-0.3, -0.25) is 9.78 Å². The van der Waals surface area contributed by atoms with Gasteiger partial charge in [-0.1, -0.05) is 26.1 Å². The first-order valence-corrected chi connectivity index (χ1v) is 5.99. The van der Waals surface area contributed by atoms with Crippen molar-refractivity contribution in [1.29, 1.82) is 0 Å². The molecule has 0 radical (unpaired) electrons. The summed E-state index contributed by atoms with van der Waals surface area (Å²) in [4.78, 5) is 16.4. The lowest BCUT2D eigenvalue weighted by Crippen LogP contribution is -2.45. The Balaban J connectivity index is 2.91. The van der Waals surface area contributed by atoms with Gasteiger partial charge in [-0.25, -0.2) is 0 Å².